The second-order valence-electron chi connectivity index (χ2n) is 13.2. The average Bonchev–Trinajstić information content (AvgIpc) is 3.74. The summed E-state index contributed by atoms with van der Waals surface area (Å²) < 4.78 is 2.42. The van der Waals surface area contributed by atoms with E-state index in [0.717, 1.165) is 28.1 Å². The van der Waals surface area contributed by atoms with Gasteiger partial charge in [0.05, 0.1) is 22.2 Å². The minimum Gasteiger partial charge on any atom is -0.309 e. The predicted octanol–water partition coefficient (Wildman–Crippen LogP) is 11.8. The number of hydrogen-bond donors (Lipinski definition) is 0. The summed E-state index contributed by atoms with van der Waals surface area (Å²) in [6.45, 7) is 10.6. The molecule has 0 amide bonds. The number of aromatic nitrogens is 1. The minimum absolute atomic E-state index is 0.406. The molecule has 0 atom stereocenters. The van der Waals surface area contributed by atoms with Crippen molar-refractivity contribution in [2.24, 2.45) is 4.99 Å². The molecule has 1 heterocycles. The Hall–Kier alpha value is -6.25. The standard InChI is InChI=1S/C48H36N2/c1-5-7-19-35-31(3)48(42-23-14-11-20-36(42)37-21-12-15-24-43(37)48)44-29-41-40-28-32(34(6-2)38-22-13-16-25-45(38)49-4)26-27-46(40)50(47(41)30-39(35)44)33-17-9-8-10-18-33/h5-30H,1-2H2,3-4H3/b19-7-,38-34+,49-45?. The van der Waals surface area contributed by atoms with E-state index in [1.165, 1.54) is 66.3 Å². The molecule has 0 bridgehead atoms. The Morgan fingerprint density at radius 2 is 1.38 bits per heavy atom. The number of fused-ring (bicyclic) bond motifs is 10. The third-order valence-corrected chi connectivity index (χ3v) is 10.9. The van der Waals surface area contributed by atoms with Crippen molar-refractivity contribution in [1.29, 1.82) is 0 Å². The fraction of sp³-hybridized carbons (Fsp3) is 0.0625. The number of allylic oxidation sites excluding steroid dienone is 12. The van der Waals surface area contributed by atoms with Crippen LogP contribution in [0.2, 0.25) is 0 Å². The third-order valence-electron chi connectivity index (χ3n) is 10.9. The van der Waals surface area contributed by atoms with Gasteiger partial charge in [-0.15, -0.1) is 0 Å². The summed E-state index contributed by atoms with van der Waals surface area (Å²) in [6.07, 6.45) is 16.5. The second-order valence-corrected chi connectivity index (χ2v) is 13.2. The molecule has 5 aromatic carbocycles. The molecule has 9 rings (SSSR count). The molecule has 3 aliphatic carbocycles. The Balaban J connectivity index is 1.42. The van der Waals surface area contributed by atoms with Crippen molar-refractivity contribution in [3.63, 3.8) is 0 Å². The zero-order valence-corrected chi connectivity index (χ0v) is 28.3. The van der Waals surface area contributed by atoms with Crippen LogP contribution in [-0.4, -0.2) is 17.3 Å². The van der Waals surface area contributed by atoms with Gasteiger partial charge in [-0.05, 0) is 105 Å². The van der Waals surface area contributed by atoms with Gasteiger partial charge in [0.15, 0.2) is 0 Å². The monoisotopic (exact) mass is 640 g/mol. The summed E-state index contributed by atoms with van der Waals surface area (Å²) in [5, 5.41) is 2.43. The first kappa shape index (κ1) is 29.9. The molecule has 50 heavy (non-hydrogen) atoms. The lowest BCUT2D eigenvalue weighted by atomic mass is 9.70. The quantitative estimate of drug-likeness (QED) is 0.167. The maximum Gasteiger partial charge on any atom is 0.0686 e. The van der Waals surface area contributed by atoms with E-state index in [4.69, 9.17) is 0 Å². The van der Waals surface area contributed by atoms with Gasteiger partial charge in [-0.1, -0.05) is 128 Å². The van der Waals surface area contributed by atoms with Crippen LogP contribution >= 0.6 is 0 Å². The number of para-hydroxylation sites is 1. The molecule has 0 fully saturated rings. The van der Waals surface area contributed by atoms with Crippen molar-refractivity contribution in [1.82, 2.24) is 4.57 Å². The largest absolute Gasteiger partial charge is 0.309 e. The SMILES string of the molecule is C=C/C=C\C1=C(C)C2(c3cc4c5cc(/C(C=C)=C6\C=CC=CC6=NC)ccc5n(-c5ccccc5)c4cc31)c1ccccc1-c1ccccc12. The third kappa shape index (κ3) is 3.99. The average molecular weight is 641 g/mol. The highest BCUT2D eigenvalue weighted by atomic mass is 15.0. The molecule has 2 heteroatoms. The van der Waals surface area contributed by atoms with Gasteiger partial charge in [-0.2, -0.15) is 0 Å². The molecule has 1 aromatic heterocycles. The Kier molecular flexibility index (Phi) is 6.82. The summed E-state index contributed by atoms with van der Waals surface area (Å²) in [5.74, 6) is 0. The molecule has 6 aromatic rings. The van der Waals surface area contributed by atoms with Crippen LogP contribution in [0.25, 0.3) is 49.8 Å². The van der Waals surface area contributed by atoms with E-state index in [1.54, 1.807) is 0 Å². The summed E-state index contributed by atoms with van der Waals surface area (Å²) in [6, 6.07) is 40.4. The summed E-state index contributed by atoms with van der Waals surface area (Å²) in [7, 11) is 1.85. The number of hydrogen-bond acceptors (Lipinski definition) is 1. The first-order valence-electron chi connectivity index (χ1n) is 17.2. The van der Waals surface area contributed by atoms with Crippen molar-refractivity contribution < 1.29 is 0 Å². The Morgan fingerprint density at radius 3 is 2.08 bits per heavy atom. The van der Waals surface area contributed by atoms with E-state index in [2.05, 4.69) is 169 Å². The molecular formula is C48H36N2. The van der Waals surface area contributed by atoms with Crippen molar-refractivity contribution in [2.45, 2.75) is 12.3 Å². The van der Waals surface area contributed by atoms with E-state index < -0.39 is 5.41 Å². The molecule has 0 radical (unpaired) electrons. The van der Waals surface area contributed by atoms with Gasteiger partial charge in [0.25, 0.3) is 0 Å². The van der Waals surface area contributed by atoms with Gasteiger partial charge in [0.1, 0.15) is 0 Å². The Morgan fingerprint density at radius 1 is 0.700 bits per heavy atom. The molecule has 3 aliphatic rings. The topological polar surface area (TPSA) is 17.3 Å². The highest BCUT2D eigenvalue weighted by Gasteiger charge is 2.51. The predicted molar refractivity (Wildman–Crippen MR) is 213 cm³/mol. The summed E-state index contributed by atoms with van der Waals surface area (Å²) in [4.78, 5) is 4.58. The molecule has 0 saturated carbocycles. The smallest absolute Gasteiger partial charge is 0.0686 e. The highest BCUT2D eigenvalue weighted by Crippen LogP contribution is 2.62. The van der Waals surface area contributed by atoms with Gasteiger partial charge in [-0.25, -0.2) is 0 Å². The fourth-order valence-electron chi connectivity index (χ4n) is 8.82. The first-order chi connectivity index (χ1) is 24.6. The van der Waals surface area contributed by atoms with Crippen LogP contribution in [-0.2, 0) is 5.41 Å². The molecule has 238 valence electrons. The van der Waals surface area contributed by atoms with Crippen LogP contribution in [0.15, 0.2) is 187 Å². The van der Waals surface area contributed by atoms with Crippen LogP contribution in [0.5, 0.6) is 0 Å². The number of benzene rings is 5. The lowest BCUT2D eigenvalue weighted by molar-refractivity contribution is 0.768. The summed E-state index contributed by atoms with van der Waals surface area (Å²) >= 11 is 0. The van der Waals surface area contributed by atoms with E-state index in [0.29, 0.717) is 0 Å². The van der Waals surface area contributed by atoms with E-state index in [9.17, 15) is 0 Å². The van der Waals surface area contributed by atoms with Gasteiger partial charge >= 0.3 is 0 Å². The number of aliphatic imine (C=N–C) groups is 1. The van der Waals surface area contributed by atoms with Gasteiger partial charge in [0.2, 0.25) is 0 Å². The lowest BCUT2D eigenvalue weighted by Crippen LogP contribution is -2.26. The second kappa shape index (κ2) is 11.4. The highest BCUT2D eigenvalue weighted by molar-refractivity contribution is 6.18. The van der Waals surface area contributed by atoms with Crippen molar-refractivity contribution in [2.75, 3.05) is 7.05 Å². The van der Waals surface area contributed by atoms with Crippen LogP contribution in [0.3, 0.4) is 0 Å². The van der Waals surface area contributed by atoms with Gasteiger partial charge in [0, 0.05) is 29.1 Å². The molecule has 1 spiro atoms. The van der Waals surface area contributed by atoms with Gasteiger partial charge < -0.3 is 4.57 Å². The maximum atomic E-state index is 4.58. The maximum absolute atomic E-state index is 4.58. The van der Waals surface area contributed by atoms with Gasteiger partial charge in [-0.3, -0.25) is 4.99 Å². The van der Waals surface area contributed by atoms with Crippen molar-refractivity contribution in [3.05, 3.63) is 210 Å². The van der Waals surface area contributed by atoms with E-state index in [-0.39, 0.29) is 0 Å². The van der Waals surface area contributed by atoms with Crippen LogP contribution in [0, 0.1) is 0 Å². The van der Waals surface area contributed by atoms with E-state index >= 15 is 0 Å². The van der Waals surface area contributed by atoms with Crippen molar-refractivity contribution >= 4 is 38.7 Å². The fourth-order valence-corrected chi connectivity index (χ4v) is 8.82. The minimum atomic E-state index is -0.406. The molecule has 0 saturated heterocycles. The molecular weight excluding hydrogens is 605 g/mol. The van der Waals surface area contributed by atoms with Crippen LogP contribution in [0.1, 0.15) is 34.7 Å². The molecule has 0 aliphatic heterocycles. The number of nitrogens with zero attached hydrogens (tertiary/aromatic N) is 2. The Bertz CT molecular complexity index is 2580. The normalized spacial score (nSPS) is 17.3. The molecule has 2 nitrogen and oxygen atoms in total. The van der Waals surface area contributed by atoms with Crippen LogP contribution < -0.4 is 0 Å². The zero-order valence-electron chi connectivity index (χ0n) is 28.3. The van der Waals surface area contributed by atoms with Crippen LogP contribution in [0.4, 0.5) is 0 Å². The molecule has 0 unspecified atom stereocenters. The van der Waals surface area contributed by atoms with E-state index in [1.807, 2.05) is 25.3 Å². The number of rotatable bonds is 5. The van der Waals surface area contributed by atoms with Crippen molar-refractivity contribution in [3.8, 4) is 16.8 Å². The lowest BCUT2D eigenvalue weighted by Gasteiger charge is -2.31. The zero-order chi connectivity index (χ0) is 34.0. The Labute approximate surface area is 293 Å². The summed E-state index contributed by atoms with van der Waals surface area (Å²) in [5.41, 5.74) is 17.8. The molecule has 0 N–H and O–H groups in total. The first-order valence-corrected chi connectivity index (χ1v) is 17.2.